The standard InChI is InChI=1S/C16H14ClN3O2/c17-13-8-6-11(7-9-13)10-14(16(22)20-18)19-15(21)12-4-2-1-3-5-12/h1-10H,18H2,(H,19,21)(H,20,22)/b14-10+. The van der Waals surface area contributed by atoms with Gasteiger partial charge in [-0.15, -0.1) is 0 Å². The molecule has 0 unspecified atom stereocenters. The van der Waals surface area contributed by atoms with Crippen molar-refractivity contribution in [3.63, 3.8) is 0 Å². The van der Waals surface area contributed by atoms with Crippen LogP contribution in [0.3, 0.4) is 0 Å². The number of hydrazine groups is 1. The highest BCUT2D eigenvalue weighted by Crippen LogP contribution is 2.12. The van der Waals surface area contributed by atoms with Crippen LogP contribution in [0.15, 0.2) is 60.3 Å². The summed E-state index contributed by atoms with van der Waals surface area (Å²) in [6, 6.07) is 15.4. The lowest BCUT2D eigenvalue weighted by atomic mass is 10.1. The van der Waals surface area contributed by atoms with Crippen LogP contribution < -0.4 is 16.6 Å². The molecule has 0 atom stereocenters. The molecule has 2 amide bonds. The van der Waals surface area contributed by atoms with Crippen LogP contribution in [0.5, 0.6) is 0 Å². The normalized spacial score (nSPS) is 10.9. The van der Waals surface area contributed by atoms with E-state index < -0.39 is 11.8 Å². The largest absolute Gasteiger partial charge is 0.317 e. The van der Waals surface area contributed by atoms with E-state index in [4.69, 9.17) is 17.4 Å². The number of benzene rings is 2. The zero-order valence-electron chi connectivity index (χ0n) is 11.5. The van der Waals surface area contributed by atoms with Crippen LogP contribution in [-0.4, -0.2) is 11.8 Å². The van der Waals surface area contributed by atoms with Crippen LogP contribution >= 0.6 is 11.6 Å². The van der Waals surface area contributed by atoms with Crippen molar-refractivity contribution >= 4 is 29.5 Å². The zero-order valence-corrected chi connectivity index (χ0v) is 12.3. The molecule has 6 heteroatoms. The summed E-state index contributed by atoms with van der Waals surface area (Å²) in [6.45, 7) is 0. The summed E-state index contributed by atoms with van der Waals surface area (Å²) in [5.74, 6) is 4.16. The molecule has 0 radical (unpaired) electrons. The van der Waals surface area contributed by atoms with Crippen LogP contribution in [0.25, 0.3) is 6.08 Å². The Balaban J connectivity index is 2.25. The Labute approximate surface area is 132 Å². The number of carbonyl (C=O) groups is 2. The minimum atomic E-state index is -0.598. The highest BCUT2D eigenvalue weighted by Gasteiger charge is 2.13. The van der Waals surface area contributed by atoms with Gasteiger partial charge >= 0.3 is 0 Å². The molecule has 0 aliphatic rings. The van der Waals surface area contributed by atoms with E-state index in [-0.39, 0.29) is 5.70 Å². The van der Waals surface area contributed by atoms with Crippen molar-refractivity contribution in [2.75, 3.05) is 0 Å². The first kappa shape index (κ1) is 15.8. The van der Waals surface area contributed by atoms with Crippen molar-refractivity contribution in [3.8, 4) is 0 Å². The zero-order chi connectivity index (χ0) is 15.9. The number of hydrogen-bond acceptors (Lipinski definition) is 3. The fraction of sp³-hybridized carbons (Fsp3) is 0. The van der Waals surface area contributed by atoms with Gasteiger partial charge in [0.2, 0.25) is 0 Å². The van der Waals surface area contributed by atoms with Gasteiger partial charge in [-0.1, -0.05) is 41.9 Å². The third-order valence-electron chi connectivity index (χ3n) is 2.84. The number of nitrogens with one attached hydrogen (secondary N) is 2. The molecule has 2 rings (SSSR count). The van der Waals surface area contributed by atoms with E-state index in [1.54, 1.807) is 54.6 Å². The van der Waals surface area contributed by atoms with Gasteiger partial charge in [-0.2, -0.15) is 0 Å². The number of rotatable bonds is 4. The molecule has 0 bridgehead atoms. The summed E-state index contributed by atoms with van der Waals surface area (Å²) >= 11 is 5.81. The fourth-order valence-electron chi connectivity index (χ4n) is 1.75. The van der Waals surface area contributed by atoms with E-state index in [1.165, 1.54) is 6.08 Å². The number of hydrogen-bond donors (Lipinski definition) is 3. The smallest absolute Gasteiger partial charge is 0.281 e. The summed E-state index contributed by atoms with van der Waals surface area (Å²) in [5.41, 5.74) is 3.19. The molecule has 0 fully saturated rings. The van der Waals surface area contributed by atoms with Crippen LogP contribution in [0.1, 0.15) is 15.9 Å². The molecule has 0 heterocycles. The van der Waals surface area contributed by atoms with Gasteiger partial charge in [-0.05, 0) is 35.9 Å². The van der Waals surface area contributed by atoms with Gasteiger partial charge in [0.15, 0.2) is 0 Å². The Morgan fingerprint density at radius 1 is 1.00 bits per heavy atom. The SMILES string of the molecule is NNC(=O)/C(=C\c1ccc(Cl)cc1)NC(=O)c1ccccc1. The molecular weight excluding hydrogens is 302 g/mol. The summed E-state index contributed by atoms with van der Waals surface area (Å²) in [6.07, 6.45) is 1.51. The fourth-order valence-corrected chi connectivity index (χ4v) is 1.87. The topological polar surface area (TPSA) is 84.2 Å². The molecule has 0 aliphatic heterocycles. The van der Waals surface area contributed by atoms with Crippen LogP contribution in [0.2, 0.25) is 5.02 Å². The first-order valence-corrected chi connectivity index (χ1v) is 6.82. The second-order valence-corrected chi connectivity index (χ2v) is 4.84. The van der Waals surface area contributed by atoms with Crippen LogP contribution in [0.4, 0.5) is 0 Å². The van der Waals surface area contributed by atoms with Gasteiger partial charge in [-0.3, -0.25) is 15.0 Å². The number of carbonyl (C=O) groups excluding carboxylic acids is 2. The van der Waals surface area contributed by atoms with E-state index in [0.29, 0.717) is 16.1 Å². The monoisotopic (exact) mass is 315 g/mol. The highest BCUT2D eigenvalue weighted by atomic mass is 35.5. The molecule has 0 aromatic heterocycles. The van der Waals surface area contributed by atoms with Gasteiger partial charge in [0, 0.05) is 10.6 Å². The maximum Gasteiger partial charge on any atom is 0.281 e. The van der Waals surface area contributed by atoms with E-state index in [0.717, 1.165) is 0 Å². The molecule has 0 saturated carbocycles. The van der Waals surface area contributed by atoms with E-state index in [9.17, 15) is 9.59 Å². The quantitative estimate of drug-likeness (QED) is 0.349. The van der Waals surface area contributed by atoms with Crippen LogP contribution in [-0.2, 0) is 4.79 Å². The Morgan fingerprint density at radius 2 is 1.64 bits per heavy atom. The third-order valence-corrected chi connectivity index (χ3v) is 3.09. The minimum absolute atomic E-state index is 0.0404. The number of nitrogens with two attached hydrogens (primary N) is 1. The van der Waals surface area contributed by atoms with E-state index in [2.05, 4.69) is 5.32 Å². The molecule has 0 spiro atoms. The molecule has 0 aliphatic carbocycles. The average Bonchev–Trinajstić information content (AvgIpc) is 2.56. The van der Waals surface area contributed by atoms with Gasteiger partial charge in [0.25, 0.3) is 11.8 Å². The molecule has 22 heavy (non-hydrogen) atoms. The second-order valence-electron chi connectivity index (χ2n) is 4.40. The average molecular weight is 316 g/mol. The lowest BCUT2D eigenvalue weighted by molar-refractivity contribution is -0.117. The summed E-state index contributed by atoms with van der Waals surface area (Å²) < 4.78 is 0. The van der Waals surface area contributed by atoms with Crippen molar-refractivity contribution in [1.29, 1.82) is 0 Å². The third kappa shape index (κ3) is 4.18. The second kappa shape index (κ2) is 7.40. The number of amides is 2. The first-order chi connectivity index (χ1) is 10.6. The summed E-state index contributed by atoms with van der Waals surface area (Å²) in [7, 11) is 0. The minimum Gasteiger partial charge on any atom is -0.317 e. The molecular formula is C16H14ClN3O2. The van der Waals surface area contributed by atoms with E-state index in [1.807, 2.05) is 5.43 Å². The van der Waals surface area contributed by atoms with Crippen molar-refractivity contribution < 1.29 is 9.59 Å². The van der Waals surface area contributed by atoms with Crippen molar-refractivity contribution in [3.05, 3.63) is 76.4 Å². The first-order valence-electron chi connectivity index (χ1n) is 6.45. The Morgan fingerprint density at radius 3 is 2.23 bits per heavy atom. The molecule has 0 saturated heterocycles. The van der Waals surface area contributed by atoms with Crippen molar-refractivity contribution in [2.45, 2.75) is 0 Å². The Bertz CT molecular complexity index is 697. The maximum absolute atomic E-state index is 12.1. The highest BCUT2D eigenvalue weighted by molar-refractivity contribution is 6.30. The lowest BCUT2D eigenvalue weighted by Crippen LogP contribution is -2.38. The van der Waals surface area contributed by atoms with Crippen molar-refractivity contribution in [1.82, 2.24) is 10.7 Å². The van der Waals surface area contributed by atoms with E-state index >= 15 is 0 Å². The Kier molecular flexibility index (Phi) is 5.30. The number of halogens is 1. The molecule has 4 N–H and O–H groups in total. The lowest BCUT2D eigenvalue weighted by Gasteiger charge is -2.09. The predicted octanol–water partition coefficient (Wildman–Crippen LogP) is 2.10. The molecule has 5 nitrogen and oxygen atoms in total. The summed E-state index contributed by atoms with van der Waals surface area (Å²) in [4.78, 5) is 23.9. The van der Waals surface area contributed by atoms with Gasteiger partial charge in [0.05, 0.1) is 0 Å². The van der Waals surface area contributed by atoms with Gasteiger partial charge < -0.3 is 5.32 Å². The molecule has 2 aromatic carbocycles. The predicted molar refractivity (Wildman–Crippen MR) is 85.7 cm³/mol. The molecule has 2 aromatic rings. The van der Waals surface area contributed by atoms with Gasteiger partial charge in [-0.25, -0.2) is 5.84 Å². The maximum atomic E-state index is 12.1. The molecule has 112 valence electrons. The van der Waals surface area contributed by atoms with Crippen molar-refractivity contribution in [2.24, 2.45) is 5.84 Å². The van der Waals surface area contributed by atoms with Crippen LogP contribution in [0, 0.1) is 0 Å². The van der Waals surface area contributed by atoms with Gasteiger partial charge in [0.1, 0.15) is 5.70 Å². The summed E-state index contributed by atoms with van der Waals surface area (Å²) in [5, 5.41) is 3.12. The Hall–Kier alpha value is -2.63.